The highest BCUT2D eigenvalue weighted by Gasteiger charge is 2.15. The number of benzene rings is 2. The Bertz CT molecular complexity index is 871. The quantitative estimate of drug-likeness (QED) is 0.408. The second-order valence-electron chi connectivity index (χ2n) is 4.22. The minimum atomic E-state index is -0.468. The summed E-state index contributed by atoms with van der Waals surface area (Å²) in [5, 5.41) is 1.06. The number of aromatic nitrogens is 2. The third kappa shape index (κ3) is 2.80. The SMILES string of the molecule is Fc1ccc(Br)c2c(Cl)nc(-c3cc(Br)ccc3Cl)nc12. The predicted molar refractivity (Wildman–Crippen MR) is 90.4 cm³/mol. The summed E-state index contributed by atoms with van der Waals surface area (Å²) in [6.45, 7) is 0. The number of hydrogen-bond acceptors (Lipinski definition) is 2. The predicted octanol–water partition coefficient (Wildman–Crippen LogP) is 6.27. The Morgan fingerprint density at radius 3 is 2.52 bits per heavy atom. The van der Waals surface area contributed by atoms with Crippen molar-refractivity contribution in [3.05, 3.63) is 55.3 Å². The third-order valence-electron chi connectivity index (χ3n) is 2.88. The van der Waals surface area contributed by atoms with Crippen LogP contribution in [0, 0.1) is 5.82 Å². The Morgan fingerprint density at radius 1 is 1.00 bits per heavy atom. The summed E-state index contributed by atoms with van der Waals surface area (Å²) in [6, 6.07) is 8.15. The fourth-order valence-corrected chi connectivity index (χ4v) is 3.37. The lowest BCUT2D eigenvalue weighted by atomic mass is 10.2. The van der Waals surface area contributed by atoms with Gasteiger partial charge >= 0.3 is 0 Å². The minimum absolute atomic E-state index is 0.149. The first kappa shape index (κ1) is 15.2. The Kier molecular flexibility index (Phi) is 4.19. The molecule has 0 amide bonds. The molecule has 1 heterocycles. The highest BCUT2D eigenvalue weighted by atomic mass is 79.9. The van der Waals surface area contributed by atoms with Gasteiger partial charge in [0.25, 0.3) is 0 Å². The first-order valence-electron chi connectivity index (χ1n) is 5.74. The number of fused-ring (bicyclic) bond motifs is 1. The van der Waals surface area contributed by atoms with E-state index in [-0.39, 0.29) is 16.5 Å². The van der Waals surface area contributed by atoms with Gasteiger partial charge in [-0.15, -0.1) is 0 Å². The number of rotatable bonds is 1. The van der Waals surface area contributed by atoms with Crippen molar-refractivity contribution < 1.29 is 4.39 Å². The van der Waals surface area contributed by atoms with Gasteiger partial charge < -0.3 is 0 Å². The summed E-state index contributed by atoms with van der Waals surface area (Å²) >= 11 is 19.0. The lowest BCUT2D eigenvalue weighted by molar-refractivity contribution is 0.636. The summed E-state index contributed by atoms with van der Waals surface area (Å²) in [7, 11) is 0. The zero-order valence-electron chi connectivity index (χ0n) is 10.2. The van der Waals surface area contributed by atoms with Crippen LogP contribution in [0.5, 0.6) is 0 Å². The monoisotopic (exact) mass is 448 g/mol. The minimum Gasteiger partial charge on any atom is -0.225 e. The van der Waals surface area contributed by atoms with Gasteiger partial charge in [-0.25, -0.2) is 14.4 Å². The first-order valence-corrected chi connectivity index (χ1v) is 8.08. The zero-order valence-corrected chi connectivity index (χ0v) is 14.9. The Balaban J connectivity index is 2.35. The van der Waals surface area contributed by atoms with Crippen LogP contribution in [0.4, 0.5) is 4.39 Å². The molecule has 106 valence electrons. The average molecular weight is 451 g/mol. The van der Waals surface area contributed by atoms with Crippen LogP contribution in [0.15, 0.2) is 39.3 Å². The van der Waals surface area contributed by atoms with E-state index in [2.05, 4.69) is 41.8 Å². The molecular weight excluding hydrogens is 446 g/mol. The molecule has 0 atom stereocenters. The fourth-order valence-electron chi connectivity index (χ4n) is 1.92. The molecule has 2 nitrogen and oxygen atoms in total. The summed E-state index contributed by atoms with van der Waals surface area (Å²) in [6.07, 6.45) is 0. The average Bonchev–Trinajstić information content (AvgIpc) is 2.45. The van der Waals surface area contributed by atoms with Crippen molar-refractivity contribution in [3.8, 4) is 11.4 Å². The van der Waals surface area contributed by atoms with E-state index in [0.29, 0.717) is 20.4 Å². The van der Waals surface area contributed by atoms with Gasteiger partial charge in [0, 0.05) is 14.5 Å². The van der Waals surface area contributed by atoms with Crippen LogP contribution in [-0.2, 0) is 0 Å². The van der Waals surface area contributed by atoms with Crippen molar-refractivity contribution in [2.24, 2.45) is 0 Å². The Labute approximate surface area is 146 Å². The molecule has 0 fully saturated rings. The van der Waals surface area contributed by atoms with Gasteiger partial charge in [-0.2, -0.15) is 0 Å². The second-order valence-corrected chi connectivity index (χ2v) is 6.75. The molecule has 0 spiro atoms. The van der Waals surface area contributed by atoms with Crippen molar-refractivity contribution in [1.29, 1.82) is 0 Å². The fraction of sp³-hybridized carbons (Fsp3) is 0. The van der Waals surface area contributed by atoms with Gasteiger partial charge in [-0.05, 0) is 46.3 Å². The van der Waals surface area contributed by atoms with E-state index >= 15 is 0 Å². The Morgan fingerprint density at radius 2 is 1.76 bits per heavy atom. The zero-order chi connectivity index (χ0) is 15.1. The lowest BCUT2D eigenvalue weighted by Gasteiger charge is -2.08. The summed E-state index contributed by atoms with van der Waals surface area (Å²) in [4.78, 5) is 8.49. The molecule has 0 unspecified atom stereocenters. The van der Waals surface area contributed by atoms with Crippen molar-refractivity contribution in [1.82, 2.24) is 9.97 Å². The highest BCUT2D eigenvalue weighted by molar-refractivity contribution is 9.11. The van der Waals surface area contributed by atoms with Gasteiger partial charge in [0.05, 0.1) is 10.4 Å². The molecule has 0 saturated carbocycles. The molecule has 7 heteroatoms. The lowest BCUT2D eigenvalue weighted by Crippen LogP contribution is -1.95. The van der Waals surface area contributed by atoms with E-state index in [1.807, 2.05) is 0 Å². The van der Waals surface area contributed by atoms with Crippen LogP contribution in [0.25, 0.3) is 22.3 Å². The van der Waals surface area contributed by atoms with Crippen LogP contribution in [0.2, 0.25) is 10.2 Å². The maximum absolute atomic E-state index is 14.0. The molecule has 0 radical (unpaired) electrons. The molecule has 0 N–H and O–H groups in total. The maximum Gasteiger partial charge on any atom is 0.163 e. The van der Waals surface area contributed by atoms with Crippen molar-refractivity contribution in [3.63, 3.8) is 0 Å². The molecule has 1 aromatic heterocycles. The van der Waals surface area contributed by atoms with E-state index in [4.69, 9.17) is 23.2 Å². The van der Waals surface area contributed by atoms with Crippen molar-refractivity contribution in [2.75, 3.05) is 0 Å². The number of hydrogen-bond donors (Lipinski definition) is 0. The number of nitrogens with zero attached hydrogens (tertiary/aromatic N) is 2. The van der Waals surface area contributed by atoms with Gasteiger partial charge in [0.15, 0.2) is 5.82 Å². The molecule has 0 bridgehead atoms. The van der Waals surface area contributed by atoms with E-state index in [1.165, 1.54) is 6.07 Å². The van der Waals surface area contributed by atoms with E-state index in [9.17, 15) is 4.39 Å². The van der Waals surface area contributed by atoms with Crippen LogP contribution in [-0.4, -0.2) is 9.97 Å². The third-order valence-corrected chi connectivity index (χ3v) is 4.63. The normalized spacial score (nSPS) is 11.1. The molecule has 3 rings (SSSR count). The Hall–Kier alpha value is -0.750. The summed E-state index contributed by atoms with van der Waals surface area (Å²) in [5.74, 6) is -0.194. The van der Waals surface area contributed by atoms with Crippen molar-refractivity contribution in [2.45, 2.75) is 0 Å². The first-order chi connectivity index (χ1) is 9.97. The van der Waals surface area contributed by atoms with Crippen LogP contribution < -0.4 is 0 Å². The summed E-state index contributed by atoms with van der Waals surface area (Å²) < 4.78 is 15.5. The van der Waals surface area contributed by atoms with E-state index in [0.717, 1.165) is 4.47 Å². The van der Waals surface area contributed by atoms with E-state index in [1.54, 1.807) is 24.3 Å². The molecule has 3 aromatic rings. The molecule has 0 aliphatic rings. The molecule has 0 aliphatic heterocycles. The van der Waals surface area contributed by atoms with Crippen LogP contribution >= 0.6 is 55.1 Å². The van der Waals surface area contributed by atoms with Gasteiger partial charge in [0.1, 0.15) is 16.5 Å². The largest absolute Gasteiger partial charge is 0.225 e. The van der Waals surface area contributed by atoms with Gasteiger partial charge in [0.2, 0.25) is 0 Å². The highest BCUT2D eigenvalue weighted by Crippen LogP contribution is 2.34. The van der Waals surface area contributed by atoms with Crippen LogP contribution in [0.1, 0.15) is 0 Å². The van der Waals surface area contributed by atoms with E-state index < -0.39 is 5.82 Å². The summed E-state index contributed by atoms with van der Waals surface area (Å²) in [5.41, 5.74) is 0.727. The van der Waals surface area contributed by atoms with Crippen LogP contribution in [0.3, 0.4) is 0 Å². The van der Waals surface area contributed by atoms with Gasteiger partial charge in [-0.1, -0.05) is 39.1 Å². The van der Waals surface area contributed by atoms with Gasteiger partial charge in [-0.3, -0.25) is 0 Å². The molecule has 0 aliphatic carbocycles. The molecule has 2 aromatic carbocycles. The standard InChI is InChI=1S/C14H5Br2Cl2FN2/c15-6-1-3-9(17)7(5-6)14-20-12-10(19)4-2-8(16)11(12)13(18)21-14/h1-5H. The molecular formula is C14H5Br2Cl2FN2. The number of halogens is 5. The second kappa shape index (κ2) is 5.80. The smallest absolute Gasteiger partial charge is 0.163 e. The van der Waals surface area contributed by atoms with Crippen molar-refractivity contribution >= 4 is 66.0 Å². The molecule has 0 saturated heterocycles. The topological polar surface area (TPSA) is 25.8 Å². The maximum atomic E-state index is 14.0. The molecule has 21 heavy (non-hydrogen) atoms.